The van der Waals surface area contributed by atoms with Crippen LogP contribution in [0.15, 0.2) is 6.20 Å². The van der Waals surface area contributed by atoms with Crippen LogP contribution < -0.4 is 11.1 Å². The van der Waals surface area contributed by atoms with Gasteiger partial charge in [-0.15, -0.1) is 11.3 Å². The first kappa shape index (κ1) is 13.1. The van der Waals surface area contributed by atoms with Crippen molar-refractivity contribution in [2.75, 3.05) is 0 Å². The van der Waals surface area contributed by atoms with Gasteiger partial charge in [0.1, 0.15) is 5.01 Å². The van der Waals surface area contributed by atoms with E-state index in [4.69, 9.17) is 5.73 Å². The molecule has 0 aliphatic carbocycles. The van der Waals surface area contributed by atoms with E-state index in [0.29, 0.717) is 6.54 Å². The lowest BCUT2D eigenvalue weighted by atomic mass is 10.1. The second-order valence-corrected chi connectivity index (χ2v) is 5.26. The van der Waals surface area contributed by atoms with Crippen molar-refractivity contribution >= 4 is 17.2 Å². The number of rotatable bonds is 5. The zero-order valence-electron chi connectivity index (χ0n) is 9.99. The van der Waals surface area contributed by atoms with Crippen LogP contribution in [0.25, 0.3) is 0 Å². The molecule has 1 heterocycles. The van der Waals surface area contributed by atoms with E-state index >= 15 is 0 Å². The van der Waals surface area contributed by atoms with Crippen molar-refractivity contribution in [2.24, 2.45) is 11.7 Å². The van der Waals surface area contributed by atoms with Gasteiger partial charge in [-0.1, -0.05) is 20.8 Å². The topological polar surface area (TPSA) is 68.0 Å². The Hall–Kier alpha value is -0.940. The van der Waals surface area contributed by atoms with Crippen LogP contribution in [0, 0.1) is 5.92 Å². The highest BCUT2D eigenvalue weighted by Crippen LogP contribution is 2.12. The standard InChI is InChI=1S/C11H19N3OS/c1-4-8-5-13-9(16-8)6-14-11(15)10(12)7(2)3/h5,7,10H,4,6,12H2,1-3H3,(H,14,15). The maximum atomic E-state index is 11.6. The highest BCUT2D eigenvalue weighted by molar-refractivity contribution is 7.11. The molecule has 90 valence electrons. The minimum atomic E-state index is -0.439. The summed E-state index contributed by atoms with van der Waals surface area (Å²) in [5.41, 5.74) is 5.73. The summed E-state index contributed by atoms with van der Waals surface area (Å²) in [6.45, 7) is 6.43. The molecule has 0 aromatic carbocycles. The molecule has 4 nitrogen and oxygen atoms in total. The molecule has 0 saturated heterocycles. The molecule has 0 saturated carbocycles. The number of carbonyl (C=O) groups excluding carboxylic acids is 1. The van der Waals surface area contributed by atoms with Crippen molar-refractivity contribution in [3.63, 3.8) is 0 Å². The minimum Gasteiger partial charge on any atom is -0.348 e. The Labute approximate surface area is 100 Å². The predicted molar refractivity (Wildman–Crippen MR) is 66.2 cm³/mol. The van der Waals surface area contributed by atoms with Gasteiger partial charge in [0.05, 0.1) is 12.6 Å². The average Bonchev–Trinajstić information content (AvgIpc) is 2.72. The SMILES string of the molecule is CCc1cnc(CNC(=O)C(N)C(C)C)s1. The largest absolute Gasteiger partial charge is 0.348 e. The van der Waals surface area contributed by atoms with Gasteiger partial charge in [0, 0.05) is 11.1 Å². The van der Waals surface area contributed by atoms with E-state index in [1.165, 1.54) is 4.88 Å². The van der Waals surface area contributed by atoms with Gasteiger partial charge in [-0.3, -0.25) is 4.79 Å². The molecule has 0 fully saturated rings. The number of hydrogen-bond acceptors (Lipinski definition) is 4. The van der Waals surface area contributed by atoms with Gasteiger partial charge in [-0.2, -0.15) is 0 Å². The summed E-state index contributed by atoms with van der Waals surface area (Å²) in [4.78, 5) is 17.0. The van der Waals surface area contributed by atoms with Crippen molar-refractivity contribution < 1.29 is 4.79 Å². The van der Waals surface area contributed by atoms with E-state index in [1.54, 1.807) is 11.3 Å². The number of aromatic nitrogens is 1. The first-order valence-electron chi connectivity index (χ1n) is 5.51. The Morgan fingerprint density at radius 2 is 2.31 bits per heavy atom. The van der Waals surface area contributed by atoms with Gasteiger partial charge in [0.15, 0.2) is 0 Å². The molecule has 1 unspecified atom stereocenters. The minimum absolute atomic E-state index is 0.108. The molecule has 16 heavy (non-hydrogen) atoms. The molecule has 0 aliphatic rings. The fourth-order valence-corrected chi connectivity index (χ4v) is 1.98. The van der Waals surface area contributed by atoms with Crippen molar-refractivity contribution in [3.05, 3.63) is 16.1 Å². The monoisotopic (exact) mass is 241 g/mol. The van der Waals surface area contributed by atoms with Gasteiger partial charge in [0.25, 0.3) is 0 Å². The van der Waals surface area contributed by atoms with Crippen LogP contribution >= 0.6 is 11.3 Å². The Bertz CT molecular complexity index is 349. The molecular formula is C11H19N3OS. The lowest BCUT2D eigenvalue weighted by Crippen LogP contribution is -2.43. The number of thiazole rings is 1. The third-order valence-electron chi connectivity index (χ3n) is 2.38. The van der Waals surface area contributed by atoms with Crippen LogP contribution in [-0.4, -0.2) is 16.9 Å². The number of amides is 1. The molecule has 1 aromatic heterocycles. The molecule has 1 atom stereocenters. The van der Waals surface area contributed by atoms with Gasteiger partial charge in [-0.05, 0) is 12.3 Å². The van der Waals surface area contributed by atoms with Crippen LogP contribution in [-0.2, 0) is 17.8 Å². The number of aryl methyl sites for hydroxylation is 1. The van der Waals surface area contributed by atoms with Crippen LogP contribution in [0.5, 0.6) is 0 Å². The van der Waals surface area contributed by atoms with Crippen LogP contribution in [0.2, 0.25) is 0 Å². The van der Waals surface area contributed by atoms with Crippen LogP contribution in [0.3, 0.4) is 0 Å². The first-order valence-corrected chi connectivity index (χ1v) is 6.33. The van der Waals surface area contributed by atoms with Crippen molar-refractivity contribution in [2.45, 2.75) is 39.8 Å². The summed E-state index contributed by atoms with van der Waals surface area (Å²) < 4.78 is 0. The summed E-state index contributed by atoms with van der Waals surface area (Å²) in [7, 11) is 0. The van der Waals surface area contributed by atoms with E-state index < -0.39 is 6.04 Å². The van der Waals surface area contributed by atoms with Crippen LogP contribution in [0.1, 0.15) is 30.7 Å². The summed E-state index contributed by atoms with van der Waals surface area (Å²) in [6.07, 6.45) is 2.84. The number of nitrogens with one attached hydrogen (secondary N) is 1. The van der Waals surface area contributed by atoms with Crippen molar-refractivity contribution in [1.82, 2.24) is 10.3 Å². The zero-order valence-corrected chi connectivity index (χ0v) is 10.8. The second kappa shape index (κ2) is 5.96. The van der Waals surface area contributed by atoms with Gasteiger partial charge >= 0.3 is 0 Å². The smallest absolute Gasteiger partial charge is 0.237 e. The maximum Gasteiger partial charge on any atom is 0.237 e. The number of nitrogens with zero attached hydrogens (tertiary/aromatic N) is 1. The Morgan fingerprint density at radius 1 is 1.62 bits per heavy atom. The van der Waals surface area contributed by atoms with Crippen molar-refractivity contribution in [1.29, 1.82) is 0 Å². The lowest BCUT2D eigenvalue weighted by Gasteiger charge is -2.14. The van der Waals surface area contributed by atoms with Crippen molar-refractivity contribution in [3.8, 4) is 0 Å². The normalized spacial score (nSPS) is 12.8. The van der Waals surface area contributed by atoms with E-state index in [2.05, 4.69) is 17.2 Å². The number of carbonyl (C=O) groups is 1. The summed E-state index contributed by atoms with van der Waals surface area (Å²) in [5.74, 6) is 0.0470. The maximum absolute atomic E-state index is 11.6. The molecule has 1 aromatic rings. The quantitative estimate of drug-likeness (QED) is 0.816. The molecule has 3 N–H and O–H groups in total. The highest BCUT2D eigenvalue weighted by Gasteiger charge is 2.16. The first-order chi connectivity index (χ1) is 7.54. The summed E-state index contributed by atoms with van der Waals surface area (Å²) in [5, 5.41) is 3.73. The Kier molecular flexibility index (Phi) is 4.89. The molecule has 0 bridgehead atoms. The second-order valence-electron chi connectivity index (χ2n) is 4.06. The fourth-order valence-electron chi connectivity index (χ4n) is 1.18. The Morgan fingerprint density at radius 3 is 2.81 bits per heavy atom. The molecular weight excluding hydrogens is 222 g/mol. The van der Waals surface area contributed by atoms with E-state index in [1.807, 2.05) is 20.0 Å². The fraction of sp³-hybridized carbons (Fsp3) is 0.636. The van der Waals surface area contributed by atoms with Gasteiger partial charge < -0.3 is 11.1 Å². The summed E-state index contributed by atoms with van der Waals surface area (Å²) >= 11 is 1.63. The molecule has 1 rings (SSSR count). The van der Waals surface area contributed by atoms with Gasteiger partial charge in [0.2, 0.25) is 5.91 Å². The number of hydrogen-bond donors (Lipinski definition) is 2. The summed E-state index contributed by atoms with van der Waals surface area (Å²) in [6, 6.07) is -0.439. The molecule has 5 heteroatoms. The van der Waals surface area contributed by atoms with Gasteiger partial charge in [-0.25, -0.2) is 4.98 Å². The molecule has 1 amide bonds. The molecule has 0 aliphatic heterocycles. The Balaban J connectivity index is 2.42. The van der Waals surface area contributed by atoms with E-state index in [9.17, 15) is 4.79 Å². The highest BCUT2D eigenvalue weighted by atomic mass is 32.1. The third kappa shape index (κ3) is 3.57. The predicted octanol–water partition coefficient (Wildman–Crippen LogP) is 1.30. The number of nitrogens with two attached hydrogens (primary N) is 1. The van der Waals surface area contributed by atoms with Crippen LogP contribution in [0.4, 0.5) is 0 Å². The average molecular weight is 241 g/mol. The van der Waals surface area contributed by atoms with E-state index in [-0.39, 0.29) is 11.8 Å². The van der Waals surface area contributed by atoms with E-state index in [0.717, 1.165) is 11.4 Å². The third-order valence-corrected chi connectivity index (χ3v) is 3.53. The molecule has 0 radical (unpaired) electrons. The lowest BCUT2D eigenvalue weighted by molar-refractivity contribution is -0.123. The molecule has 0 spiro atoms. The zero-order chi connectivity index (χ0) is 12.1.